The van der Waals surface area contributed by atoms with Crippen molar-refractivity contribution in [1.82, 2.24) is 5.32 Å². The van der Waals surface area contributed by atoms with Crippen molar-refractivity contribution < 1.29 is 4.79 Å². The van der Waals surface area contributed by atoms with Gasteiger partial charge in [-0.05, 0) is 74.9 Å². The Balaban J connectivity index is 1.69. The van der Waals surface area contributed by atoms with E-state index in [9.17, 15) is 4.79 Å². The zero-order valence-electron chi connectivity index (χ0n) is 14.4. The van der Waals surface area contributed by atoms with Gasteiger partial charge in [0.25, 0.3) is 0 Å². The Bertz CT molecular complexity index is 636. The number of hydrogen-bond acceptors (Lipinski definition) is 4. The minimum absolute atomic E-state index is 0.124. The maximum Gasteiger partial charge on any atom is 0.219 e. The van der Waals surface area contributed by atoms with Crippen molar-refractivity contribution in [2.45, 2.75) is 50.5 Å². The number of nitrogens with two attached hydrogens (primary N) is 1. The van der Waals surface area contributed by atoms with Gasteiger partial charge >= 0.3 is 0 Å². The molecule has 5 nitrogen and oxygen atoms in total. The van der Waals surface area contributed by atoms with Gasteiger partial charge in [0.15, 0.2) is 0 Å². The second-order valence-electron chi connectivity index (χ2n) is 7.64. The summed E-state index contributed by atoms with van der Waals surface area (Å²) < 4.78 is 0. The number of amides is 1. The lowest BCUT2D eigenvalue weighted by molar-refractivity contribution is -0.117. The van der Waals surface area contributed by atoms with Gasteiger partial charge in [-0.1, -0.05) is 0 Å². The van der Waals surface area contributed by atoms with E-state index in [-0.39, 0.29) is 11.4 Å². The lowest BCUT2D eigenvalue weighted by Gasteiger charge is -2.48. The second kappa shape index (κ2) is 6.28. The lowest BCUT2D eigenvalue weighted by Crippen LogP contribution is -2.57. The van der Waals surface area contributed by atoms with Crippen LogP contribution < -0.4 is 21.3 Å². The third-order valence-corrected chi connectivity index (χ3v) is 5.88. The first-order chi connectivity index (χ1) is 11.7. The van der Waals surface area contributed by atoms with Crippen molar-refractivity contribution in [3.05, 3.63) is 23.3 Å². The smallest absolute Gasteiger partial charge is 0.219 e. The second-order valence-corrected chi connectivity index (χ2v) is 7.64. The average molecular weight is 328 g/mol. The van der Waals surface area contributed by atoms with Gasteiger partial charge in [-0.15, -0.1) is 0 Å². The molecule has 3 aliphatic rings. The summed E-state index contributed by atoms with van der Waals surface area (Å²) in [6, 6.07) is 4.75. The highest BCUT2D eigenvalue weighted by Crippen LogP contribution is 2.41. The SMILES string of the molecule is NC(=O)CCN1CC2(CCNCC2)Nc2cc3c(cc21)CCCC3. The van der Waals surface area contributed by atoms with E-state index in [1.165, 1.54) is 48.2 Å². The van der Waals surface area contributed by atoms with E-state index in [0.29, 0.717) is 6.42 Å². The van der Waals surface area contributed by atoms with Crippen LogP contribution >= 0.6 is 0 Å². The Morgan fingerprint density at radius 1 is 1.17 bits per heavy atom. The minimum atomic E-state index is -0.215. The molecule has 4 N–H and O–H groups in total. The first-order valence-electron chi connectivity index (χ1n) is 9.33. The Morgan fingerprint density at radius 3 is 2.58 bits per heavy atom. The van der Waals surface area contributed by atoms with Crippen molar-refractivity contribution in [1.29, 1.82) is 0 Å². The molecule has 0 radical (unpaired) electrons. The molecule has 2 heterocycles. The van der Waals surface area contributed by atoms with E-state index in [1.807, 2.05) is 0 Å². The molecule has 130 valence electrons. The van der Waals surface area contributed by atoms with Crippen LogP contribution in [0.1, 0.15) is 43.2 Å². The first kappa shape index (κ1) is 15.8. The molecule has 1 aliphatic carbocycles. The predicted molar refractivity (Wildman–Crippen MR) is 97.6 cm³/mol. The molecule has 0 aromatic heterocycles. The molecule has 0 unspecified atom stereocenters. The highest BCUT2D eigenvalue weighted by atomic mass is 16.1. The van der Waals surface area contributed by atoms with E-state index >= 15 is 0 Å². The van der Waals surface area contributed by atoms with Crippen LogP contribution in [0.15, 0.2) is 12.1 Å². The van der Waals surface area contributed by atoms with Crippen molar-refractivity contribution in [3.63, 3.8) is 0 Å². The molecule has 5 heteroatoms. The highest BCUT2D eigenvalue weighted by molar-refractivity contribution is 5.78. The number of anilines is 2. The van der Waals surface area contributed by atoms with Gasteiger partial charge in [-0.25, -0.2) is 0 Å². The van der Waals surface area contributed by atoms with Crippen molar-refractivity contribution in [2.75, 3.05) is 36.4 Å². The van der Waals surface area contributed by atoms with Crippen LogP contribution in [0.2, 0.25) is 0 Å². The maximum absolute atomic E-state index is 11.3. The number of primary amides is 1. The first-order valence-corrected chi connectivity index (χ1v) is 9.33. The largest absolute Gasteiger partial charge is 0.376 e. The van der Waals surface area contributed by atoms with Gasteiger partial charge in [0.2, 0.25) is 5.91 Å². The number of piperidine rings is 1. The monoisotopic (exact) mass is 328 g/mol. The van der Waals surface area contributed by atoms with E-state index < -0.39 is 0 Å². The van der Waals surface area contributed by atoms with E-state index in [1.54, 1.807) is 0 Å². The van der Waals surface area contributed by atoms with Gasteiger partial charge < -0.3 is 21.3 Å². The molecule has 1 spiro atoms. The number of benzene rings is 1. The Labute approximate surface area is 144 Å². The summed E-state index contributed by atoms with van der Waals surface area (Å²) in [4.78, 5) is 13.7. The normalized spacial score (nSPS) is 21.8. The summed E-state index contributed by atoms with van der Waals surface area (Å²) >= 11 is 0. The van der Waals surface area contributed by atoms with E-state index in [4.69, 9.17) is 5.73 Å². The topological polar surface area (TPSA) is 70.4 Å². The number of hydrogen-bond donors (Lipinski definition) is 3. The molecule has 4 rings (SSSR count). The fourth-order valence-electron chi connectivity index (χ4n) is 4.54. The van der Waals surface area contributed by atoms with Crippen LogP contribution in [0.4, 0.5) is 11.4 Å². The number of aryl methyl sites for hydroxylation is 2. The lowest BCUT2D eigenvalue weighted by atomic mass is 9.83. The number of carbonyl (C=O) groups is 1. The van der Waals surface area contributed by atoms with Crippen LogP contribution in [0, 0.1) is 0 Å². The van der Waals surface area contributed by atoms with Crippen LogP contribution in [-0.4, -0.2) is 37.6 Å². The predicted octanol–water partition coefficient (Wildman–Crippen LogP) is 1.79. The summed E-state index contributed by atoms with van der Waals surface area (Å²) in [6.07, 6.45) is 7.63. The molecule has 1 saturated heterocycles. The molecule has 2 aliphatic heterocycles. The number of nitrogens with one attached hydrogen (secondary N) is 2. The molecule has 1 aromatic carbocycles. The Morgan fingerprint density at radius 2 is 1.88 bits per heavy atom. The van der Waals surface area contributed by atoms with Gasteiger partial charge in [-0.3, -0.25) is 4.79 Å². The van der Waals surface area contributed by atoms with E-state index in [0.717, 1.165) is 39.0 Å². The summed E-state index contributed by atoms with van der Waals surface area (Å²) in [5.74, 6) is -0.215. The van der Waals surface area contributed by atoms with Crippen LogP contribution in [-0.2, 0) is 17.6 Å². The number of nitrogens with zero attached hydrogens (tertiary/aromatic N) is 1. The Hall–Kier alpha value is -1.75. The number of carbonyl (C=O) groups excluding carboxylic acids is 1. The van der Waals surface area contributed by atoms with E-state index in [2.05, 4.69) is 27.7 Å². The van der Waals surface area contributed by atoms with Crippen LogP contribution in [0.3, 0.4) is 0 Å². The van der Waals surface area contributed by atoms with Crippen molar-refractivity contribution >= 4 is 17.3 Å². The molecule has 24 heavy (non-hydrogen) atoms. The summed E-state index contributed by atoms with van der Waals surface area (Å²) in [7, 11) is 0. The zero-order valence-corrected chi connectivity index (χ0v) is 14.4. The van der Waals surface area contributed by atoms with Crippen LogP contribution in [0.25, 0.3) is 0 Å². The zero-order chi connectivity index (χ0) is 16.6. The molecular formula is C19H28N4O. The quantitative estimate of drug-likeness (QED) is 0.791. The summed E-state index contributed by atoms with van der Waals surface area (Å²) in [5.41, 5.74) is 11.1. The highest BCUT2D eigenvalue weighted by Gasteiger charge is 2.38. The molecule has 1 aromatic rings. The number of rotatable bonds is 3. The fraction of sp³-hybridized carbons (Fsp3) is 0.632. The maximum atomic E-state index is 11.3. The fourth-order valence-corrected chi connectivity index (χ4v) is 4.54. The van der Waals surface area contributed by atoms with Crippen molar-refractivity contribution in [3.8, 4) is 0 Å². The molecule has 0 bridgehead atoms. The van der Waals surface area contributed by atoms with Crippen molar-refractivity contribution in [2.24, 2.45) is 5.73 Å². The van der Waals surface area contributed by atoms with Crippen LogP contribution in [0.5, 0.6) is 0 Å². The molecular weight excluding hydrogens is 300 g/mol. The van der Waals surface area contributed by atoms with Gasteiger partial charge in [0.1, 0.15) is 0 Å². The molecule has 1 amide bonds. The average Bonchev–Trinajstić information content (AvgIpc) is 2.58. The minimum Gasteiger partial charge on any atom is -0.376 e. The standard InChI is InChI=1S/C19H28N4O/c20-18(24)5-10-23-13-19(6-8-21-9-7-19)22-16-11-14-3-1-2-4-15(14)12-17(16)23/h11-12,21-22H,1-10,13H2,(H2,20,24). The number of fused-ring (bicyclic) bond motifs is 2. The molecule has 0 saturated carbocycles. The summed E-state index contributed by atoms with van der Waals surface area (Å²) in [5, 5.41) is 7.34. The van der Waals surface area contributed by atoms with Gasteiger partial charge in [0, 0.05) is 19.5 Å². The van der Waals surface area contributed by atoms with Gasteiger partial charge in [0.05, 0.1) is 16.9 Å². The summed E-state index contributed by atoms with van der Waals surface area (Å²) in [6.45, 7) is 3.79. The third-order valence-electron chi connectivity index (χ3n) is 5.88. The third kappa shape index (κ3) is 2.97. The Kier molecular flexibility index (Phi) is 4.12. The molecule has 1 fully saturated rings. The van der Waals surface area contributed by atoms with Gasteiger partial charge in [-0.2, -0.15) is 0 Å². The molecule has 0 atom stereocenters.